The molecule has 0 unspecified atom stereocenters. The Morgan fingerprint density at radius 2 is 2.10 bits per heavy atom. The van der Waals surface area contributed by atoms with E-state index in [4.69, 9.17) is 10.2 Å². The number of nitrogens with two attached hydrogens (primary N) is 1. The standard InChI is InChI=1S/C15H21N3O3/c1-9-3-4-13(21-9)11-7-18(10(2)19)8-12(11)17-14(20)15(16)5-6-15/h3-4,11-12H,5-8,16H2,1-2H3,(H,17,20)/t11-,12-/m0/s1. The van der Waals surface area contributed by atoms with Crippen LogP contribution in [0.5, 0.6) is 0 Å². The number of carbonyl (C=O) groups excluding carboxylic acids is 2. The smallest absolute Gasteiger partial charge is 0.240 e. The zero-order valence-corrected chi connectivity index (χ0v) is 12.4. The number of nitrogens with one attached hydrogen (secondary N) is 1. The lowest BCUT2D eigenvalue weighted by atomic mass is 10.0. The molecule has 1 saturated carbocycles. The third-order valence-corrected chi connectivity index (χ3v) is 4.45. The van der Waals surface area contributed by atoms with E-state index < -0.39 is 5.54 Å². The SMILES string of the molecule is CC(=O)N1C[C@H](NC(=O)C2(N)CC2)[C@@H](c2ccc(C)o2)C1. The molecule has 3 rings (SSSR count). The zero-order valence-electron chi connectivity index (χ0n) is 12.4. The summed E-state index contributed by atoms with van der Waals surface area (Å²) in [7, 11) is 0. The molecule has 1 aromatic rings. The Balaban J connectivity index is 1.77. The predicted octanol–water partition coefficient (Wildman–Crippen LogP) is 0.510. The molecule has 1 aliphatic carbocycles. The fourth-order valence-corrected chi connectivity index (χ4v) is 2.82. The molecule has 2 aliphatic rings. The molecule has 1 saturated heterocycles. The van der Waals surface area contributed by atoms with Crippen molar-refractivity contribution in [2.75, 3.05) is 13.1 Å². The van der Waals surface area contributed by atoms with Gasteiger partial charge in [0.2, 0.25) is 11.8 Å². The Kier molecular flexibility index (Phi) is 3.28. The van der Waals surface area contributed by atoms with Crippen molar-refractivity contribution in [2.24, 2.45) is 5.73 Å². The van der Waals surface area contributed by atoms with Gasteiger partial charge in [-0.3, -0.25) is 9.59 Å². The van der Waals surface area contributed by atoms with Gasteiger partial charge < -0.3 is 20.4 Å². The number of hydrogen-bond donors (Lipinski definition) is 2. The van der Waals surface area contributed by atoms with Crippen LogP contribution >= 0.6 is 0 Å². The molecule has 114 valence electrons. The van der Waals surface area contributed by atoms with Crippen LogP contribution in [0.15, 0.2) is 16.5 Å². The van der Waals surface area contributed by atoms with Gasteiger partial charge in [0.15, 0.2) is 0 Å². The Bertz CT molecular complexity index is 576. The number of aryl methyl sites for hydroxylation is 1. The summed E-state index contributed by atoms with van der Waals surface area (Å²) in [5, 5.41) is 3.01. The van der Waals surface area contributed by atoms with Crippen LogP contribution < -0.4 is 11.1 Å². The summed E-state index contributed by atoms with van der Waals surface area (Å²) >= 11 is 0. The Hall–Kier alpha value is -1.82. The summed E-state index contributed by atoms with van der Waals surface area (Å²) in [5.74, 6) is 1.51. The van der Waals surface area contributed by atoms with E-state index in [0.29, 0.717) is 13.1 Å². The highest BCUT2D eigenvalue weighted by atomic mass is 16.3. The van der Waals surface area contributed by atoms with Crippen LogP contribution in [-0.2, 0) is 9.59 Å². The van der Waals surface area contributed by atoms with Crippen LogP contribution in [0.4, 0.5) is 0 Å². The van der Waals surface area contributed by atoms with Crippen molar-refractivity contribution in [1.82, 2.24) is 10.2 Å². The number of likely N-dealkylation sites (tertiary alicyclic amines) is 1. The fraction of sp³-hybridized carbons (Fsp3) is 0.600. The molecule has 6 heteroatoms. The average molecular weight is 291 g/mol. The van der Waals surface area contributed by atoms with Crippen LogP contribution in [0.3, 0.4) is 0 Å². The first-order chi connectivity index (χ1) is 9.89. The van der Waals surface area contributed by atoms with E-state index >= 15 is 0 Å². The highest BCUT2D eigenvalue weighted by Gasteiger charge is 2.48. The van der Waals surface area contributed by atoms with Gasteiger partial charge in [0.25, 0.3) is 0 Å². The summed E-state index contributed by atoms with van der Waals surface area (Å²) in [4.78, 5) is 25.5. The average Bonchev–Trinajstić information content (AvgIpc) is 2.86. The second-order valence-corrected chi connectivity index (χ2v) is 6.22. The van der Waals surface area contributed by atoms with Gasteiger partial charge in [0, 0.05) is 20.0 Å². The van der Waals surface area contributed by atoms with Gasteiger partial charge in [-0.15, -0.1) is 0 Å². The van der Waals surface area contributed by atoms with Crippen molar-refractivity contribution >= 4 is 11.8 Å². The first-order valence-electron chi connectivity index (χ1n) is 7.31. The summed E-state index contributed by atoms with van der Waals surface area (Å²) in [5.41, 5.74) is 5.23. The van der Waals surface area contributed by atoms with E-state index in [9.17, 15) is 9.59 Å². The molecule has 0 bridgehead atoms. The molecule has 2 amide bonds. The second kappa shape index (κ2) is 4.87. The van der Waals surface area contributed by atoms with Crippen molar-refractivity contribution in [2.45, 2.75) is 44.2 Å². The van der Waals surface area contributed by atoms with Gasteiger partial charge in [-0.25, -0.2) is 0 Å². The van der Waals surface area contributed by atoms with Crippen molar-refractivity contribution < 1.29 is 14.0 Å². The maximum absolute atomic E-state index is 12.2. The first-order valence-corrected chi connectivity index (χ1v) is 7.31. The minimum Gasteiger partial charge on any atom is -0.466 e. The van der Waals surface area contributed by atoms with Crippen molar-refractivity contribution in [3.63, 3.8) is 0 Å². The summed E-state index contributed by atoms with van der Waals surface area (Å²) < 4.78 is 5.69. The number of rotatable bonds is 3. The van der Waals surface area contributed by atoms with Crippen molar-refractivity contribution in [3.05, 3.63) is 23.7 Å². The molecule has 2 heterocycles. The van der Waals surface area contributed by atoms with Gasteiger partial charge in [-0.05, 0) is 31.9 Å². The van der Waals surface area contributed by atoms with E-state index in [-0.39, 0.29) is 23.8 Å². The lowest BCUT2D eigenvalue weighted by Crippen LogP contribution is -2.49. The predicted molar refractivity (Wildman–Crippen MR) is 76.5 cm³/mol. The lowest BCUT2D eigenvalue weighted by molar-refractivity contribution is -0.128. The topological polar surface area (TPSA) is 88.6 Å². The minimum atomic E-state index is -0.701. The van der Waals surface area contributed by atoms with Gasteiger partial charge in [0.05, 0.1) is 17.5 Å². The molecule has 1 aromatic heterocycles. The minimum absolute atomic E-state index is 0.00825. The Morgan fingerprint density at radius 1 is 1.38 bits per heavy atom. The molecular weight excluding hydrogens is 270 g/mol. The summed E-state index contributed by atoms with van der Waals surface area (Å²) in [6.45, 7) is 4.49. The maximum atomic E-state index is 12.2. The summed E-state index contributed by atoms with van der Waals surface area (Å²) in [6, 6.07) is 3.67. The quantitative estimate of drug-likeness (QED) is 0.849. The summed E-state index contributed by atoms with van der Waals surface area (Å²) in [6.07, 6.45) is 1.46. The zero-order chi connectivity index (χ0) is 15.2. The Labute approximate surface area is 123 Å². The van der Waals surface area contributed by atoms with E-state index in [1.165, 1.54) is 0 Å². The molecule has 0 radical (unpaired) electrons. The molecule has 2 fully saturated rings. The fourth-order valence-electron chi connectivity index (χ4n) is 2.82. The van der Waals surface area contributed by atoms with Crippen molar-refractivity contribution in [1.29, 1.82) is 0 Å². The van der Waals surface area contributed by atoms with Crippen molar-refractivity contribution in [3.8, 4) is 0 Å². The van der Waals surface area contributed by atoms with Crippen LogP contribution in [0.25, 0.3) is 0 Å². The number of hydrogen-bond acceptors (Lipinski definition) is 4. The van der Waals surface area contributed by atoms with Crippen LogP contribution in [0.2, 0.25) is 0 Å². The van der Waals surface area contributed by atoms with Crippen LogP contribution in [0.1, 0.15) is 37.2 Å². The molecule has 2 atom stereocenters. The largest absolute Gasteiger partial charge is 0.466 e. The monoisotopic (exact) mass is 291 g/mol. The van der Waals surface area contributed by atoms with Crippen LogP contribution in [0, 0.1) is 6.92 Å². The van der Waals surface area contributed by atoms with Gasteiger partial charge >= 0.3 is 0 Å². The number of nitrogens with zero attached hydrogens (tertiary/aromatic N) is 1. The number of amides is 2. The third kappa shape index (κ3) is 2.68. The van der Waals surface area contributed by atoms with E-state index in [0.717, 1.165) is 24.4 Å². The molecule has 3 N–H and O–H groups in total. The number of carbonyl (C=O) groups is 2. The van der Waals surface area contributed by atoms with E-state index in [1.54, 1.807) is 11.8 Å². The van der Waals surface area contributed by atoms with E-state index in [2.05, 4.69) is 5.32 Å². The van der Waals surface area contributed by atoms with E-state index in [1.807, 2.05) is 19.1 Å². The highest BCUT2D eigenvalue weighted by molar-refractivity contribution is 5.89. The van der Waals surface area contributed by atoms with Gasteiger partial charge in [-0.2, -0.15) is 0 Å². The molecule has 0 aromatic carbocycles. The number of furan rings is 1. The molecule has 1 aliphatic heterocycles. The second-order valence-electron chi connectivity index (χ2n) is 6.22. The maximum Gasteiger partial charge on any atom is 0.240 e. The first kappa shape index (κ1) is 14.1. The van der Waals surface area contributed by atoms with Gasteiger partial charge in [0.1, 0.15) is 11.5 Å². The third-order valence-electron chi connectivity index (χ3n) is 4.45. The lowest BCUT2D eigenvalue weighted by Gasteiger charge is -2.20. The normalized spacial score (nSPS) is 26.7. The molecular formula is C15H21N3O3. The highest BCUT2D eigenvalue weighted by Crippen LogP contribution is 2.34. The molecule has 21 heavy (non-hydrogen) atoms. The molecule has 0 spiro atoms. The van der Waals surface area contributed by atoms with Gasteiger partial charge in [-0.1, -0.05) is 0 Å². The van der Waals surface area contributed by atoms with Crippen LogP contribution in [-0.4, -0.2) is 41.4 Å². The molecule has 6 nitrogen and oxygen atoms in total. The Morgan fingerprint density at radius 3 is 2.62 bits per heavy atom.